The number of H-pyrrole nitrogens is 1. The molecule has 0 bridgehead atoms. The molecule has 4 rings (SSSR count). The zero-order chi connectivity index (χ0) is 20.2. The van der Waals surface area contributed by atoms with Crippen molar-refractivity contribution in [3.63, 3.8) is 0 Å². The van der Waals surface area contributed by atoms with Crippen molar-refractivity contribution in [2.45, 2.75) is 38.5 Å². The van der Waals surface area contributed by atoms with Gasteiger partial charge in [0, 0.05) is 31.5 Å². The van der Waals surface area contributed by atoms with Crippen LogP contribution in [-0.2, 0) is 16.0 Å². The van der Waals surface area contributed by atoms with Gasteiger partial charge in [-0.3, -0.25) is 14.6 Å². The first-order chi connectivity index (χ1) is 14.2. The second-order valence-corrected chi connectivity index (χ2v) is 7.56. The summed E-state index contributed by atoms with van der Waals surface area (Å²) < 4.78 is 0. The Morgan fingerprint density at radius 1 is 1.10 bits per heavy atom. The summed E-state index contributed by atoms with van der Waals surface area (Å²) in [5.74, 6) is 0.268. The molecule has 0 spiro atoms. The highest BCUT2D eigenvalue weighted by molar-refractivity contribution is 6.22. The number of aliphatic imine (C=N–C) groups is 1. The molecule has 2 atom stereocenters. The number of fused-ring (bicyclic) bond motifs is 1. The number of nitrogens with one attached hydrogen (secondary N) is 1. The maximum absolute atomic E-state index is 12.8. The van der Waals surface area contributed by atoms with E-state index in [4.69, 9.17) is 4.99 Å². The van der Waals surface area contributed by atoms with E-state index in [1.165, 1.54) is 0 Å². The number of aromatic amines is 1. The van der Waals surface area contributed by atoms with E-state index in [-0.39, 0.29) is 17.5 Å². The van der Waals surface area contributed by atoms with Crippen molar-refractivity contribution in [1.29, 1.82) is 0 Å². The number of Topliss-reactive ketones (excluding diaryl/α,β-unsaturated/α-hetero) is 2. The van der Waals surface area contributed by atoms with Crippen molar-refractivity contribution in [1.82, 2.24) is 9.97 Å². The van der Waals surface area contributed by atoms with Crippen molar-refractivity contribution >= 4 is 28.3 Å². The first-order valence-corrected chi connectivity index (χ1v) is 10.2. The molecule has 1 heterocycles. The van der Waals surface area contributed by atoms with E-state index in [1.807, 2.05) is 61.5 Å². The Kier molecular flexibility index (Phi) is 5.65. The molecule has 29 heavy (non-hydrogen) atoms. The monoisotopic (exact) mass is 387 g/mol. The lowest BCUT2D eigenvalue weighted by molar-refractivity contribution is -0.130. The Morgan fingerprint density at radius 3 is 2.62 bits per heavy atom. The van der Waals surface area contributed by atoms with Gasteiger partial charge in [0.05, 0.1) is 11.0 Å². The Labute approximate surface area is 170 Å². The number of nitrogens with zero attached hydrogens (tertiary/aromatic N) is 2. The summed E-state index contributed by atoms with van der Waals surface area (Å²) in [6.07, 6.45) is 2.07. The molecule has 0 saturated heterocycles. The number of imidazole rings is 1. The van der Waals surface area contributed by atoms with Crippen LogP contribution < -0.4 is 0 Å². The summed E-state index contributed by atoms with van der Waals surface area (Å²) >= 11 is 0. The fourth-order valence-corrected chi connectivity index (χ4v) is 4.10. The number of ketones is 2. The highest BCUT2D eigenvalue weighted by Crippen LogP contribution is 2.33. The molecular formula is C24H25N3O2. The molecule has 1 aromatic heterocycles. The number of benzene rings is 2. The number of hydrogen-bond donors (Lipinski definition) is 1. The van der Waals surface area contributed by atoms with Gasteiger partial charge in [0.15, 0.2) is 0 Å². The minimum atomic E-state index is -0.671. The Morgan fingerprint density at radius 2 is 1.86 bits per heavy atom. The summed E-state index contributed by atoms with van der Waals surface area (Å²) in [6.45, 7) is 2.32. The molecule has 0 unspecified atom stereocenters. The minimum absolute atomic E-state index is 0.000518. The molecule has 0 amide bonds. The second-order valence-electron chi connectivity index (χ2n) is 7.56. The van der Waals surface area contributed by atoms with Gasteiger partial charge in [0.1, 0.15) is 23.3 Å². The third-order valence-corrected chi connectivity index (χ3v) is 5.60. The van der Waals surface area contributed by atoms with Gasteiger partial charge in [-0.25, -0.2) is 4.98 Å². The van der Waals surface area contributed by atoms with Gasteiger partial charge < -0.3 is 4.98 Å². The fourth-order valence-electron chi connectivity index (χ4n) is 4.10. The number of carbonyl (C=O) groups is 2. The Bertz CT molecular complexity index is 1020. The molecule has 1 saturated carbocycles. The number of rotatable bonds is 6. The Balaban J connectivity index is 1.54. The lowest BCUT2D eigenvalue weighted by atomic mass is 9.74. The maximum atomic E-state index is 12.8. The normalized spacial score (nSPS) is 21.0. The van der Waals surface area contributed by atoms with E-state index in [0.29, 0.717) is 32.2 Å². The molecule has 2 aromatic carbocycles. The molecule has 0 radical (unpaired) electrons. The van der Waals surface area contributed by atoms with Crippen LogP contribution in [0.1, 0.15) is 43.5 Å². The van der Waals surface area contributed by atoms with E-state index in [2.05, 4.69) is 9.97 Å². The zero-order valence-electron chi connectivity index (χ0n) is 16.6. The highest BCUT2D eigenvalue weighted by Gasteiger charge is 2.37. The predicted octanol–water partition coefficient (Wildman–Crippen LogP) is 4.29. The van der Waals surface area contributed by atoms with Crippen LogP contribution >= 0.6 is 0 Å². The van der Waals surface area contributed by atoms with Gasteiger partial charge in [-0.05, 0) is 30.0 Å². The first-order valence-electron chi connectivity index (χ1n) is 10.2. The Hall–Kier alpha value is -3.08. The van der Waals surface area contributed by atoms with Crippen molar-refractivity contribution in [3.05, 3.63) is 66.0 Å². The quantitative estimate of drug-likeness (QED) is 0.641. The molecule has 5 heteroatoms. The summed E-state index contributed by atoms with van der Waals surface area (Å²) in [5, 5.41) is 0. The molecule has 148 valence electrons. The number of carbonyl (C=O) groups excluding carboxylic acids is 2. The van der Waals surface area contributed by atoms with Crippen molar-refractivity contribution < 1.29 is 9.59 Å². The van der Waals surface area contributed by atoms with E-state index in [9.17, 15) is 9.59 Å². The molecule has 0 aliphatic heterocycles. The third kappa shape index (κ3) is 4.19. The van der Waals surface area contributed by atoms with Crippen LogP contribution in [0, 0.1) is 5.92 Å². The van der Waals surface area contributed by atoms with Gasteiger partial charge in [0.25, 0.3) is 0 Å². The smallest absolute Gasteiger partial charge is 0.149 e. The van der Waals surface area contributed by atoms with Gasteiger partial charge in [-0.1, -0.05) is 49.4 Å². The van der Waals surface area contributed by atoms with E-state index < -0.39 is 5.92 Å². The maximum Gasteiger partial charge on any atom is 0.149 e. The van der Waals surface area contributed by atoms with Crippen LogP contribution in [0.5, 0.6) is 0 Å². The van der Waals surface area contributed by atoms with E-state index in [1.54, 1.807) is 0 Å². The lowest BCUT2D eigenvalue weighted by Crippen LogP contribution is -2.38. The topological polar surface area (TPSA) is 75.2 Å². The molecular weight excluding hydrogens is 362 g/mol. The predicted molar refractivity (Wildman–Crippen MR) is 114 cm³/mol. The van der Waals surface area contributed by atoms with E-state index in [0.717, 1.165) is 28.1 Å². The average Bonchev–Trinajstić information content (AvgIpc) is 3.16. The average molecular weight is 387 g/mol. The van der Waals surface area contributed by atoms with Crippen LogP contribution in [0.15, 0.2) is 59.6 Å². The van der Waals surface area contributed by atoms with Crippen molar-refractivity contribution in [2.75, 3.05) is 6.54 Å². The van der Waals surface area contributed by atoms with Crippen molar-refractivity contribution in [2.24, 2.45) is 10.9 Å². The molecule has 1 N–H and O–H groups in total. The van der Waals surface area contributed by atoms with Gasteiger partial charge in [-0.15, -0.1) is 0 Å². The zero-order valence-corrected chi connectivity index (χ0v) is 16.6. The van der Waals surface area contributed by atoms with Gasteiger partial charge in [0.2, 0.25) is 0 Å². The summed E-state index contributed by atoms with van der Waals surface area (Å²) in [7, 11) is 0. The van der Waals surface area contributed by atoms with Crippen LogP contribution in [0.4, 0.5) is 0 Å². The third-order valence-electron chi connectivity index (χ3n) is 5.60. The fraction of sp³-hybridized carbons (Fsp3) is 0.333. The molecule has 3 aromatic rings. The first kappa shape index (κ1) is 19.2. The summed E-state index contributed by atoms with van der Waals surface area (Å²) in [4.78, 5) is 37.9. The highest BCUT2D eigenvalue weighted by atomic mass is 16.2. The summed E-state index contributed by atoms with van der Waals surface area (Å²) in [5.41, 5.74) is 3.81. The van der Waals surface area contributed by atoms with Crippen LogP contribution in [-0.4, -0.2) is 33.8 Å². The van der Waals surface area contributed by atoms with E-state index >= 15 is 0 Å². The molecule has 1 aliphatic carbocycles. The summed E-state index contributed by atoms with van der Waals surface area (Å²) in [6, 6.07) is 18.0. The van der Waals surface area contributed by atoms with Crippen molar-refractivity contribution in [3.8, 4) is 0 Å². The molecule has 5 nitrogen and oxygen atoms in total. The number of aromatic nitrogens is 2. The molecule has 1 aliphatic rings. The standard InChI is InChI=1S/C24H25N3O2/c1-2-21(28)24-20(14-17(15-22(24)29)16-8-4-3-5-9-16)25-13-12-23-26-18-10-6-7-11-19(18)27-23/h3-11,17,24H,2,12-15H2,1H3,(H,26,27)/t17-,24-/m1/s1. The lowest BCUT2D eigenvalue weighted by Gasteiger charge is -2.28. The van der Waals surface area contributed by atoms with Crippen LogP contribution in [0.2, 0.25) is 0 Å². The second kappa shape index (κ2) is 8.52. The molecule has 1 fully saturated rings. The van der Waals surface area contributed by atoms with Gasteiger partial charge in [-0.2, -0.15) is 0 Å². The number of hydrogen-bond acceptors (Lipinski definition) is 4. The number of para-hydroxylation sites is 2. The SMILES string of the molecule is CCC(=O)[C@@H]1C(=O)C[C@H](c2ccccc2)CC1=NCCc1nc2ccccc2[nH]1. The van der Waals surface area contributed by atoms with Gasteiger partial charge >= 0.3 is 0 Å². The van der Waals surface area contributed by atoms with Crippen LogP contribution in [0.3, 0.4) is 0 Å². The van der Waals surface area contributed by atoms with Crippen LogP contribution in [0.25, 0.3) is 11.0 Å². The minimum Gasteiger partial charge on any atom is -0.342 e. The largest absolute Gasteiger partial charge is 0.342 e.